The van der Waals surface area contributed by atoms with Crippen LogP contribution in [0, 0.1) is 5.92 Å². The summed E-state index contributed by atoms with van der Waals surface area (Å²) < 4.78 is 5.72. The van der Waals surface area contributed by atoms with Crippen LogP contribution in [0.1, 0.15) is 18.4 Å². The fourth-order valence-corrected chi connectivity index (χ4v) is 1.73. The molecule has 0 heterocycles. The maximum absolute atomic E-state index is 5.72. The van der Waals surface area contributed by atoms with Crippen molar-refractivity contribution in [2.45, 2.75) is 12.8 Å². The first-order chi connectivity index (χ1) is 7.92. The standard InChI is InChI=1S/C15H13O/c1-2-4-14(5-3-1)16-15-10-8-13(9-11-15)12-6-7-12/h1-5,8-11H,6-7H2. The third-order valence-corrected chi connectivity index (χ3v) is 2.74. The summed E-state index contributed by atoms with van der Waals surface area (Å²) in [6.07, 6.45) is 2.53. The monoisotopic (exact) mass is 209 g/mol. The molecule has 0 spiro atoms. The van der Waals surface area contributed by atoms with E-state index in [9.17, 15) is 0 Å². The molecule has 16 heavy (non-hydrogen) atoms. The number of para-hydroxylation sites is 1. The Balaban J connectivity index is 1.75. The van der Waals surface area contributed by atoms with Gasteiger partial charge in [-0.3, -0.25) is 0 Å². The van der Waals surface area contributed by atoms with E-state index in [0.717, 1.165) is 11.5 Å². The van der Waals surface area contributed by atoms with Crippen LogP contribution < -0.4 is 4.74 Å². The fraction of sp³-hybridized carbons (Fsp3) is 0.133. The van der Waals surface area contributed by atoms with E-state index in [2.05, 4.69) is 12.1 Å². The quantitative estimate of drug-likeness (QED) is 0.736. The van der Waals surface area contributed by atoms with Crippen molar-refractivity contribution in [3.05, 3.63) is 66.1 Å². The van der Waals surface area contributed by atoms with E-state index in [1.54, 1.807) is 5.92 Å². The molecule has 0 amide bonds. The summed E-state index contributed by atoms with van der Waals surface area (Å²) in [5, 5.41) is 0. The minimum Gasteiger partial charge on any atom is -0.457 e. The van der Waals surface area contributed by atoms with Crippen molar-refractivity contribution < 1.29 is 4.74 Å². The lowest BCUT2D eigenvalue weighted by Gasteiger charge is -2.05. The van der Waals surface area contributed by atoms with Crippen molar-refractivity contribution in [2.75, 3.05) is 0 Å². The van der Waals surface area contributed by atoms with Gasteiger partial charge in [-0.15, -0.1) is 0 Å². The zero-order valence-electron chi connectivity index (χ0n) is 9.02. The van der Waals surface area contributed by atoms with Crippen LogP contribution in [0.4, 0.5) is 0 Å². The van der Waals surface area contributed by atoms with Crippen LogP contribution in [0.25, 0.3) is 0 Å². The first kappa shape index (κ1) is 9.46. The van der Waals surface area contributed by atoms with Crippen LogP contribution >= 0.6 is 0 Å². The summed E-state index contributed by atoms with van der Waals surface area (Å²) in [6.45, 7) is 0. The molecule has 1 radical (unpaired) electrons. The largest absolute Gasteiger partial charge is 0.457 e. The van der Waals surface area contributed by atoms with Crippen molar-refractivity contribution in [1.29, 1.82) is 0 Å². The molecule has 1 aliphatic rings. The lowest BCUT2D eigenvalue weighted by atomic mass is 10.1. The molecule has 79 valence electrons. The van der Waals surface area contributed by atoms with Crippen LogP contribution in [0.3, 0.4) is 0 Å². The molecule has 0 aromatic heterocycles. The van der Waals surface area contributed by atoms with E-state index in [4.69, 9.17) is 4.74 Å². The van der Waals surface area contributed by atoms with Gasteiger partial charge in [-0.05, 0) is 42.7 Å². The lowest BCUT2D eigenvalue weighted by molar-refractivity contribution is 0.482. The average molecular weight is 209 g/mol. The number of hydrogen-bond donors (Lipinski definition) is 0. The summed E-state index contributed by atoms with van der Waals surface area (Å²) in [4.78, 5) is 0. The molecule has 1 aliphatic carbocycles. The smallest absolute Gasteiger partial charge is 0.127 e. The van der Waals surface area contributed by atoms with Gasteiger partial charge in [-0.2, -0.15) is 0 Å². The Morgan fingerprint density at radius 3 is 1.94 bits per heavy atom. The van der Waals surface area contributed by atoms with E-state index in [1.165, 1.54) is 18.4 Å². The van der Waals surface area contributed by atoms with Gasteiger partial charge in [0, 0.05) is 5.92 Å². The second-order valence-corrected chi connectivity index (χ2v) is 4.04. The normalized spacial score (nSPS) is 14.8. The first-order valence-electron chi connectivity index (χ1n) is 5.60. The molecule has 3 rings (SSSR count). The third-order valence-electron chi connectivity index (χ3n) is 2.74. The van der Waals surface area contributed by atoms with Crippen molar-refractivity contribution in [2.24, 2.45) is 0 Å². The Hall–Kier alpha value is -1.76. The van der Waals surface area contributed by atoms with Crippen LogP contribution in [-0.2, 0) is 0 Å². The number of ether oxygens (including phenoxy) is 1. The molecule has 1 fully saturated rings. The lowest BCUT2D eigenvalue weighted by Crippen LogP contribution is -1.84. The first-order valence-corrected chi connectivity index (χ1v) is 5.60. The van der Waals surface area contributed by atoms with Gasteiger partial charge in [0.15, 0.2) is 0 Å². The van der Waals surface area contributed by atoms with Crippen molar-refractivity contribution in [3.8, 4) is 11.5 Å². The Kier molecular flexibility index (Phi) is 2.37. The molecule has 2 aromatic rings. The van der Waals surface area contributed by atoms with Gasteiger partial charge in [0.1, 0.15) is 11.5 Å². The number of rotatable bonds is 3. The molecule has 1 heteroatoms. The van der Waals surface area contributed by atoms with Crippen molar-refractivity contribution >= 4 is 0 Å². The van der Waals surface area contributed by atoms with E-state index in [0.29, 0.717) is 0 Å². The van der Waals surface area contributed by atoms with Gasteiger partial charge < -0.3 is 4.74 Å². The van der Waals surface area contributed by atoms with Crippen molar-refractivity contribution in [1.82, 2.24) is 0 Å². The highest BCUT2D eigenvalue weighted by Gasteiger charge is 2.23. The van der Waals surface area contributed by atoms with Crippen LogP contribution in [0.15, 0.2) is 54.6 Å². The minimum absolute atomic E-state index is 0.884. The topological polar surface area (TPSA) is 9.23 Å². The van der Waals surface area contributed by atoms with E-state index in [-0.39, 0.29) is 0 Å². The van der Waals surface area contributed by atoms with Crippen LogP contribution in [0.2, 0.25) is 0 Å². The predicted molar refractivity (Wildman–Crippen MR) is 64.5 cm³/mol. The molecule has 1 saturated carbocycles. The van der Waals surface area contributed by atoms with Gasteiger partial charge >= 0.3 is 0 Å². The zero-order valence-corrected chi connectivity index (χ0v) is 9.02. The Morgan fingerprint density at radius 2 is 1.31 bits per heavy atom. The summed E-state index contributed by atoms with van der Waals surface area (Å²) in [6, 6.07) is 18.2. The summed E-state index contributed by atoms with van der Waals surface area (Å²) in [5.41, 5.74) is 1.36. The summed E-state index contributed by atoms with van der Waals surface area (Å²) >= 11 is 0. The number of hydrogen-bond acceptors (Lipinski definition) is 1. The third kappa shape index (κ3) is 2.08. The molecule has 0 atom stereocenters. The highest BCUT2D eigenvalue weighted by atomic mass is 16.5. The Labute approximate surface area is 95.7 Å². The maximum Gasteiger partial charge on any atom is 0.127 e. The highest BCUT2D eigenvalue weighted by Crippen LogP contribution is 2.39. The Morgan fingerprint density at radius 1 is 0.688 bits per heavy atom. The van der Waals surface area contributed by atoms with Gasteiger partial charge in [-0.25, -0.2) is 0 Å². The summed E-state index contributed by atoms with van der Waals surface area (Å²) in [7, 11) is 0. The molecule has 0 unspecified atom stereocenters. The van der Waals surface area contributed by atoms with Gasteiger partial charge in [0.05, 0.1) is 0 Å². The molecule has 0 bridgehead atoms. The van der Waals surface area contributed by atoms with E-state index < -0.39 is 0 Å². The predicted octanol–water partition coefficient (Wildman–Crippen LogP) is 4.20. The van der Waals surface area contributed by atoms with Gasteiger partial charge in [0.2, 0.25) is 0 Å². The maximum atomic E-state index is 5.72. The zero-order chi connectivity index (χ0) is 10.8. The molecule has 1 nitrogen and oxygen atoms in total. The fourth-order valence-electron chi connectivity index (χ4n) is 1.73. The van der Waals surface area contributed by atoms with E-state index in [1.807, 2.05) is 42.5 Å². The Bertz CT molecular complexity index is 455. The average Bonchev–Trinajstić information content (AvgIpc) is 3.15. The van der Waals surface area contributed by atoms with Crippen LogP contribution in [-0.4, -0.2) is 0 Å². The van der Waals surface area contributed by atoms with Crippen molar-refractivity contribution in [3.63, 3.8) is 0 Å². The molecule has 0 aliphatic heterocycles. The van der Waals surface area contributed by atoms with Crippen LogP contribution in [0.5, 0.6) is 11.5 Å². The van der Waals surface area contributed by atoms with E-state index >= 15 is 0 Å². The molecule has 0 saturated heterocycles. The minimum atomic E-state index is 0.884. The summed E-state index contributed by atoms with van der Waals surface area (Å²) in [5.74, 6) is 3.34. The molecular formula is C15H13O. The SMILES string of the molecule is c1ccc(Oc2ccc([C]3CC3)cc2)cc1. The van der Waals surface area contributed by atoms with Gasteiger partial charge in [0.25, 0.3) is 0 Å². The molecule has 0 N–H and O–H groups in total. The molecule has 2 aromatic carbocycles. The molecular weight excluding hydrogens is 196 g/mol. The van der Waals surface area contributed by atoms with Gasteiger partial charge in [-0.1, -0.05) is 30.3 Å². The number of benzene rings is 2. The second-order valence-electron chi connectivity index (χ2n) is 4.04. The second kappa shape index (κ2) is 4.01. The highest BCUT2D eigenvalue weighted by molar-refractivity contribution is 5.41.